The molecule has 2 aliphatic rings. The molecular formula is C20H24N4O4S. The highest BCUT2D eigenvalue weighted by molar-refractivity contribution is 7.89. The van der Waals surface area contributed by atoms with Crippen molar-refractivity contribution in [3.8, 4) is 0 Å². The Hall–Kier alpha value is -2.49. The average Bonchev–Trinajstić information content (AvgIpc) is 3.17. The molecule has 2 aromatic rings. The molecule has 2 amide bonds. The summed E-state index contributed by atoms with van der Waals surface area (Å²) in [5.74, 6) is 0. The van der Waals surface area contributed by atoms with Crippen LogP contribution in [0.4, 0.5) is 4.79 Å². The number of hydrogen-bond acceptors (Lipinski definition) is 5. The Kier molecular flexibility index (Phi) is 5.53. The Morgan fingerprint density at radius 1 is 1.17 bits per heavy atom. The number of nitrogens with one attached hydrogen (secondary N) is 1. The van der Waals surface area contributed by atoms with Gasteiger partial charge in [0.2, 0.25) is 10.0 Å². The minimum atomic E-state index is -3.61. The van der Waals surface area contributed by atoms with Gasteiger partial charge in [-0.1, -0.05) is 12.1 Å². The fourth-order valence-corrected chi connectivity index (χ4v) is 5.24. The van der Waals surface area contributed by atoms with Crippen LogP contribution in [-0.4, -0.2) is 52.9 Å². The van der Waals surface area contributed by atoms with Gasteiger partial charge in [-0.15, -0.1) is 0 Å². The number of aromatic nitrogens is 1. The van der Waals surface area contributed by atoms with E-state index in [4.69, 9.17) is 0 Å². The van der Waals surface area contributed by atoms with Gasteiger partial charge < -0.3 is 15.3 Å². The maximum Gasteiger partial charge on any atom is 0.318 e. The molecule has 2 aliphatic heterocycles. The summed E-state index contributed by atoms with van der Waals surface area (Å²) in [5, 5.41) is 12.6. The topological polar surface area (TPSA) is 103 Å². The molecule has 1 fully saturated rings. The molecule has 4 rings (SSSR count). The van der Waals surface area contributed by atoms with E-state index in [0.29, 0.717) is 39.0 Å². The summed E-state index contributed by atoms with van der Waals surface area (Å²) < 4.78 is 26.8. The van der Waals surface area contributed by atoms with E-state index >= 15 is 0 Å². The smallest absolute Gasteiger partial charge is 0.318 e. The summed E-state index contributed by atoms with van der Waals surface area (Å²) in [6.45, 7) is 1.96. The number of aliphatic hydroxyl groups is 1. The van der Waals surface area contributed by atoms with Crippen LogP contribution < -0.4 is 5.32 Å². The number of carbonyl (C=O) groups excluding carboxylic acids is 1. The first-order chi connectivity index (χ1) is 13.9. The molecule has 3 heterocycles. The van der Waals surface area contributed by atoms with Gasteiger partial charge in [0.05, 0.1) is 11.0 Å². The lowest BCUT2D eigenvalue weighted by Crippen LogP contribution is -2.42. The fraction of sp³-hybridized carbons (Fsp3) is 0.400. The van der Waals surface area contributed by atoms with Crippen molar-refractivity contribution in [1.82, 2.24) is 19.5 Å². The van der Waals surface area contributed by atoms with E-state index in [9.17, 15) is 18.3 Å². The Morgan fingerprint density at radius 3 is 2.66 bits per heavy atom. The highest BCUT2D eigenvalue weighted by atomic mass is 32.2. The number of sulfonamides is 1. The van der Waals surface area contributed by atoms with Crippen LogP contribution in [0.25, 0.3) is 0 Å². The van der Waals surface area contributed by atoms with Crippen LogP contribution in [0.3, 0.4) is 0 Å². The zero-order valence-corrected chi connectivity index (χ0v) is 16.8. The van der Waals surface area contributed by atoms with Crippen molar-refractivity contribution >= 4 is 16.1 Å². The first-order valence-corrected chi connectivity index (χ1v) is 11.1. The van der Waals surface area contributed by atoms with Crippen molar-refractivity contribution < 1.29 is 18.3 Å². The molecular weight excluding hydrogens is 392 g/mol. The quantitative estimate of drug-likeness (QED) is 0.785. The third-order valence-corrected chi connectivity index (χ3v) is 7.26. The molecule has 1 atom stereocenters. The van der Waals surface area contributed by atoms with E-state index in [2.05, 4.69) is 10.3 Å². The summed E-state index contributed by atoms with van der Waals surface area (Å²) in [4.78, 5) is 18.4. The van der Waals surface area contributed by atoms with Crippen LogP contribution in [0.1, 0.15) is 29.5 Å². The highest BCUT2D eigenvalue weighted by Gasteiger charge is 2.29. The molecule has 9 heteroatoms. The predicted molar refractivity (Wildman–Crippen MR) is 106 cm³/mol. The molecule has 1 saturated heterocycles. The van der Waals surface area contributed by atoms with Crippen molar-refractivity contribution in [2.75, 3.05) is 13.1 Å². The molecule has 29 heavy (non-hydrogen) atoms. The lowest BCUT2D eigenvalue weighted by atomic mass is 10.1. The summed E-state index contributed by atoms with van der Waals surface area (Å²) in [6, 6.07) is 8.26. The second-order valence-electron chi connectivity index (χ2n) is 7.46. The number of aliphatic hydroxyl groups excluding tert-OH is 1. The number of nitrogens with zero attached hydrogens (tertiary/aromatic N) is 3. The zero-order valence-electron chi connectivity index (χ0n) is 16.0. The predicted octanol–water partition coefficient (Wildman–Crippen LogP) is 1.45. The number of amides is 2. The SMILES string of the molecule is O=C(NCc1ccc(S(=O)(=O)N2CCC[C@@H](O)C2)cc1)N1Cc2ccncc2C1. The van der Waals surface area contributed by atoms with Gasteiger partial charge in [0.1, 0.15) is 0 Å². The maximum atomic E-state index is 12.7. The van der Waals surface area contributed by atoms with E-state index in [1.807, 2.05) is 6.07 Å². The largest absolute Gasteiger partial charge is 0.392 e. The lowest BCUT2D eigenvalue weighted by molar-refractivity contribution is 0.108. The van der Waals surface area contributed by atoms with E-state index in [0.717, 1.165) is 16.7 Å². The number of hydrogen-bond donors (Lipinski definition) is 2. The third-order valence-electron chi connectivity index (χ3n) is 5.38. The Morgan fingerprint density at radius 2 is 1.93 bits per heavy atom. The van der Waals surface area contributed by atoms with E-state index in [-0.39, 0.29) is 17.5 Å². The van der Waals surface area contributed by atoms with Gasteiger partial charge in [0.15, 0.2) is 0 Å². The minimum absolute atomic E-state index is 0.133. The van der Waals surface area contributed by atoms with Crippen molar-refractivity contribution in [3.63, 3.8) is 0 Å². The summed E-state index contributed by atoms with van der Waals surface area (Å²) in [5.41, 5.74) is 2.97. The molecule has 2 N–H and O–H groups in total. The van der Waals surface area contributed by atoms with Gasteiger partial charge in [-0.2, -0.15) is 4.31 Å². The highest BCUT2D eigenvalue weighted by Crippen LogP contribution is 2.22. The second-order valence-corrected chi connectivity index (χ2v) is 9.40. The standard InChI is InChI=1S/C20H24N4O4S/c25-18-2-1-9-24(14-18)29(27,28)19-5-3-15(4-6-19)10-22-20(26)23-12-16-7-8-21-11-17(16)13-23/h3-8,11,18,25H,1-2,9-10,12-14H2,(H,22,26)/t18-/m1/s1. The van der Waals surface area contributed by atoms with Crippen LogP contribution in [-0.2, 0) is 29.7 Å². The monoisotopic (exact) mass is 416 g/mol. The van der Waals surface area contributed by atoms with E-state index in [1.165, 1.54) is 4.31 Å². The van der Waals surface area contributed by atoms with Crippen molar-refractivity contribution in [2.24, 2.45) is 0 Å². The van der Waals surface area contributed by atoms with Crippen LogP contribution in [0.15, 0.2) is 47.6 Å². The average molecular weight is 417 g/mol. The molecule has 1 aromatic heterocycles. The van der Waals surface area contributed by atoms with Crippen molar-refractivity contribution in [2.45, 2.75) is 43.5 Å². The van der Waals surface area contributed by atoms with Crippen LogP contribution in [0.5, 0.6) is 0 Å². The Balaban J connectivity index is 1.35. The van der Waals surface area contributed by atoms with Gasteiger partial charge in [0, 0.05) is 45.1 Å². The summed E-state index contributed by atoms with van der Waals surface area (Å²) in [6.07, 6.45) is 4.17. The van der Waals surface area contributed by atoms with Gasteiger partial charge in [-0.05, 0) is 47.7 Å². The number of pyridine rings is 1. The maximum absolute atomic E-state index is 12.7. The minimum Gasteiger partial charge on any atom is -0.392 e. The number of piperidine rings is 1. The summed E-state index contributed by atoms with van der Waals surface area (Å²) >= 11 is 0. The van der Waals surface area contributed by atoms with Gasteiger partial charge in [-0.3, -0.25) is 4.98 Å². The van der Waals surface area contributed by atoms with Gasteiger partial charge in [0.25, 0.3) is 0 Å². The third kappa shape index (κ3) is 4.26. The Bertz CT molecular complexity index is 969. The normalized spacial score (nSPS) is 19.8. The molecule has 0 spiro atoms. The number of fused-ring (bicyclic) bond motifs is 1. The molecule has 0 aliphatic carbocycles. The van der Waals surface area contributed by atoms with Crippen LogP contribution >= 0.6 is 0 Å². The van der Waals surface area contributed by atoms with Gasteiger partial charge >= 0.3 is 6.03 Å². The molecule has 0 radical (unpaired) electrons. The number of carbonyl (C=O) groups is 1. The Labute approximate surface area is 170 Å². The van der Waals surface area contributed by atoms with Crippen LogP contribution in [0.2, 0.25) is 0 Å². The first kappa shape index (κ1) is 19.8. The molecule has 8 nitrogen and oxygen atoms in total. The number of urea groups is 1. The molecule has 0 bridgehead atoms. The lowest BCUT2D eigenvalue weighted by Gasteiger charge is -2.29. The zero-order chi connectivity index (χ0) is 20.4. The van der Waals surface area contributed by atoms with Crippen molar-refractivity contribution in [1.29, 1.82) is 0 Å². The van der Waals surface area contributed by atoms with E-state index in [1.54, 1.807) is 41.6 Å². The van der Waals surface area contributed by atoms with Crippen molar-refractivity contribution in [3.05, 3.63) is 59.4 Å². The van der Waals surface area contributed by atoms with Gasteiger partial charge in [-0.25, -0.2) is 13.2 Å². The fourth-order valence-electron chi connectivity index (χ4n) is 3.72. The second kappa shape index (κ2) is 8.10. The molecule has 0 unspecified atom stereocenters. The summed E-state index contributed by atoms with van der Waals surface area (Å²) in [7, 11) is -3.61. The molecule has 1 aromatic carbocycles. The van der Waals surface area contributed by atoms with Crippen LogP contribution in [0, 0.1) is 0 Å². The number of benzene rings is 1. The van der Waals surface area contributed by atoms with E-state index < -0.39 is 16.1 Å². The first-order valence-electron chi connectivity index (χ1n) is 9.65. The number of rotatable bonds is 4. The number of β-amino-alcohol motifs (C(OH)–C–C–N with tert-alkyl or cyclic N) is 1. The molecule has 0 saturated carbocycles. The molecule has 154 valence electrons.